The van der Waals surface area contributed by atoms with Crippen LogP contribution in [-0.4, -0.2) is 68.2 Å². The van der Waals surface area contributed by atoms with E-state index in [1.807, 2.05) is 0 Å². The number of amides is 2. The van der Waals surface area contributed by atoms with E-state index in [1.165, 1.54) is 29.5 Å². The van der Waals surface area contributed by atoms with Gasteiger partial charge >= 0.3 is 0 Å². The molecule has 2 amide bonds. The molecule has 0 bridgehead atoms. The van der Waals surface area contributed by atoms with Gasteiger partial charge in [0, 0.05) is 19.5 Å². The fourth-order valence-electron chi connectivity index (χ4n) is 3.63. The van der Waals surface area contributed by atoms with Crippen LogP contribution in [0.4, 0.5) is 8.78 Å². The van der Waals surface area contributed by atoms with Gasteiger partial charge in [0.15, 0.2) is 5.69 Å². The number of nitrogens with zero attached hydrogens (tertiary/aromatic N) is 5. The van der Waals surface area contributed by atoms with Crippen molar-refractivity contribution in [1.29, 1.82) is 0 Å². The molecule has 4 heterocycles. The third-order valence-electron chi connectivity index (χ3n) is 4.95. The second-order valence-electron chi connectivity index (χ2n) is 6.98. The van der Waals surface area contributed by atoms with E-state index in [0.717, 1.165) is 17.7 Å². The maximum absolute atomic E-state index is 14.0. The summed E-state index contributed by atoms with van der Waals surface area (Å²) >= 11 is 0. The Balaban J connectivity index is 1.48. The predicted octanol–water partition coefficient (Wildman–Crippen LogP) is 1.66. The quantitative estimate of drug-likeness (QED) is 0.807. The van der Waals surface area contributed by atoms with E-state index in [-0.39, 0.29) is 23.7 Å². The van der Waals surface area contributed by atoms with E-state index in [1.54, 1.807) is 4.90 Å². The fraction of sp³-hybridized carbons (Fsp3) is 0.529. The van der Waals surface area contributed by atoms with Crippen LogP contribution < -0.4 is 0 Å². The first-order valence-electron chi connectivity index (χ1n) is 8.83. The molecule has 8 nitrogen and oxygen atoms in total. The first kappa shape index (κ1) is 17.6. The number of hydrogen-bond donors (Lipinski definition) is 0. The molecule has 0 aromatic carbocycles. The molecular weight excluding hydrogens is 360 g/mol. The van der Waals surface area contributed by atoms with Gasteiger partial charge in [-0.05, 0) is 18.9 Å². The van der Waals surface area contributed by atoms with Gasteiger partial charge in [-0.15, -0.1) is 5.10 Å². The Labute approximate surface area is 153 Å². The van der Waals surface area contributed by atoms with Gasteiger partial charge in [-0.3, -0.25) is 9.59 Å². The SMILES string of the molecule is O=C(c1cn(C[C@@H]2CC(F)(F)CN2C(=O)c2ccoc2)nn1)N1CCCC1. The van der Waals surface area contributed by atoms with Crippen molar-refractivity contribution in [1.82, 2.24) is 24.8 Å². The van der Waals surface area contributed by atoms with E-state index in [4.69, 9.17) is 4.42 Å². The van der Waals surface area contributed by atoms with Crippen LogP contribution in [0.25, 0.3) is 0 Å². The standard InChI is InChI=1S/C17H19F2N5O3/c18-17(19)7-13(24(11-17)15(25)12-3-6-27-10-12)8-23-9-14(20-21-23)16(26)22-4-1-2-5-22/h3,6,9-10,13H,1-2,4-5,7-8,11H2/t13-/m0/s1. The van der Waals surface area contributed by atoms with Gasteiger partial charge in [-0.2, -0.15) is 0 Å². The van der Waals surface area contributed by atoms with Crippen molar-refractivity contribution < 1.29 is 22.8 Å². The van der Waals surface area contributed by atoms with Crippen LogP contribution in [0.3, 0.4) is 0 Å². The topological polar surface area (TPSA) is 84.5 Å². The summed E-state index contributed by atoms with van der Waals surface area (Å²) in [6.45, 7) is 0.760. The van der Waals surface area contributed by atoms with E-state index < -0.39 is 30.8 Å². The highest BCUT2D eigenvalue weighted by atomic mass is 19.3. The molecule has 0 unspecified atom stereocenters. The van der Waals surface area contributed by atoms with Gasteiger partial charge in [0.05, 0.1) is 37.2 Å². The third kappa shape index (κ3) is 3.56. The highest BCUT2D eigenvalue weighted by Gasteiger charge is 2.47. The average molecular weight is 379 g/mol. The summed E-state index contributed by atoms with van der Waals surface area (Å²) in [6, 6.07) is 0.692. The molecule has 0 spiro atoms. The molecule has 0 radical (unpaired) electrons. The van der Waals surface area contributed by atoms with Gasteiger partial charge in [-0.25, -0.2) is 13.5 Å². The second-order valence-corrected chi connectivity index (χ2v) is 6.98. The number of alkyl halides is 2. The Morgan fingerprint density at radius 1 is 1.26 bits per heavy atom. The minimum Gasteiger partial charge on any atom is -0.472 e. The fourth-order valence-corrected chi connectivity index (χ4v) is 3.63. The highest BCUT2D eigenvalue weighted by molar-refractivity contribution is 5.94. The van der Waals surface area contributed by atoms with Crippen molar-refractivity contribution in [3.05, 3.63) is 36.0 Å². The van der Waals surface area contributed by atoms with Crippen molar-refractivity contribution in [2.24, 2.45) is 0 Å². The number of carbonyl (C=O) groups excluding carboxylic acids is 2. The van der Waals surface area contributed by atoms with Gasteiger partial charge in [0.1, 0.15) is 6.26 Å². The van der Waals surface area contributed by atoms with Crippen LogP contribution >= 0.6 is 0 Å². The van der Waals surface area contributed by atoms with Crippen LogP contribution in [0, 0.1) is 0 Å². The lowest BCUT2D eigenvalue weighted by atomic mass is 10.2. The monoisotopic (exact) mass is 379 g/mol. The Hall–Kier alpha value is -2.78. The molecule has 2 aliphatic rings. The molecule has 4 rings (SSSR count). The Morgan fingerprint density at radius 2 is 2.04 bits per heavy atom. The van der Waals surface area contributed by atoms with E-state index in [2.05, 4.69) is 10.3 Å². The molecule has 2 aliphatic heterocycles. The van der Waals surface area contributed by atoms with Crippen LogP contribution in [-0.2, 0) is 6.54 Å². The lowest BCUT2D eigenvalue weighted by Crippen LogP contribution is -2.38. The molecule has 2 saturated heterocycles. The molecule has 144 valence electrons. The molecule has 2 aromatic heterocycles. The van der Waals surface area contributed by atoms with E-state index >= 15 is 0 Å². The zero-order valence-corrected chi connectivity index (χ0v) is 14.6. The maximum atomic E-state index is 14.0. The van der Waals surface area contributed by atoms with Crippen molar-refractivity contribution in [3.8, 4) is 0 Å². The average Bonchev–Trinajstić information content (AvgIpc) is 3.41. The summed E-state index contributed by atoms with van der Waals surface area (Å²) in [4.78, 5) is 27.7. The summed E-state index contributed by atoms with van der Waals surface area (Å²) in [7, 11) is 0. The summed E-state index contributed by atoms with van der Waals surface area (Å²) in [5, 5.41) is 7.77. The van der Waals surface area contributed by atoms with Crippen LogP contribution in [0.5, 0.6) is 0 Å². The third-order valence-corrected chi connectivity index (χ3v) is 4.95. The summed E-state index contributed by atoms with van der Waals surface area (Å²) in [5.41, 5.74) is 0.413. The minimum atomic E-state index is -2.97. The lowest BCUT2D eigenvalue weighted by molar-refractivity contribution is 0.0117. The number of likely N-dealkylation sites (tertiary alicyclic amines) is 2. The van der Waals surface area contributed by atoms with E-state index in [9.17, 15) is 18.4 Å². The zero-order chi connectivity index (χ0) is 19.0. The van der Waals surface area contributed by atoms with Gasteiger partial charge < -0.3 is 14.2 Å². The number of halogens is 2. The molecule has 1 atom stereocenters. The first-order valence-corrected chi connectivity index (χ1v) is 8.83. The molecule has 27 heavy (non-hydrogen) atoms. The molecule has 2 aromatic rings. The molecule has 0 aliphatic carbocycles. The molecular formula is C17H19F2N5O3. The maximum Gasteiger partial charge on any atom is 0.276 e. The van der Waals surface area contributed by atoms with Gasteiger partial charge in [-0.1, -0.05) is 5.21 Å². The predicted molar refractivity (Wildman–Crippen MR) is 88.3 cm³/mol. The van der Waals surface area contributed by atoms with Crippen molar-refractivity contribution in [3.63, 3.8) is 0 Å². The Kier molecular flexibility index (Phi) is 4.40. The molecule has 0 saturated carbocycles. The zero-order valence-electron chi connectivity index (χ0n) is 14.6. The smallest absolute Gasteiger partial charge is 0.276 e. The van der Waals surface area contributed by atoms with Crippen LogP contribution in [0.15, 0.2) is 29.2 Å². The number of carbonyl (C=O) groups is 2. The highest BCUT2D eigenvalue weighted by Crippen LogP contribution is 2.33. The van der Waals surface area contributed by atoms with Crippen molar-refractivity contribution >= 4 is 11.8 Å². The normalized spacial score (nSPS) is 21.8. The number of aromatic nitrogens is 3. The van der Waals surface area contributed by atoms with Crippen LogP contribution in [0.2, 0.25) is 0 Å². The first-order chi connectivity index (χ1) is 12.9. The van der Waals surface area contributed by atoms with Gasteiger partial charge in [0.2, 0.25) is 0 Å². The summed E-state index contributed by atoms with van der Waals surface area (Å²) in [5.74, 6) is -3.69. The molecule has 2 fully saturated rings. The number of hydrogen-bond acceptors (Lipinski definition) is 5. The van der Waals surface area contributed by atoms with Crippen molar-refractivity contribution in [2.75, 3.05) is 19.6 Å². The number of rotatable bonds is 4. The molecule has 10 heteroatoms. The van der Waals surface area contributed by atoms with Gasteiger partial charge in [0.25, 0.3) is 17.7 Å². The lowest BCUT2D eigenvalue weighted by Gasteiger charge is -2.23. The van der Waals surface area contributed by atoms with Crippen molar-refractivity contribution in [2.45, 2.75) is 37.8 Å². The van der Waals surface area contributed by atoms with E-state index in [0.29, 0.717) is 13.1 Å². The summed E-state index contributed by atoms with van der Waals surface area (Å²) < 4.78 is 34.2. The largest absolute Gasteiger partial charge is 0.472 e. The van der Waals surface area contributed by atoms with Crippen LogP contribution in [0.1, 0.15) is 40.1 Å². The Bertz CT molecular complexity index is 830. The Morgan fingerprint density at radius 3 is 2.74 bits per heavy atom. The minimum absolute atomic E-state index is 0.0411. The number of furan rings is 1. The molecule has 0 N–H and O–H groups in total. The summed E-state index contributed by atoms with van der Waals surface area (Å²) in [6.07, 6.45) is 5.47. The second kappa shape index (κ2) is 6.75.